The smallest absolute Gasteiger partial charge is 0.274 e. The highest BCUT2D eigenvalue weighted by atomic mass is 32.1. The monoisotopic (exact) mass is 253 g/mol. The molecule has 0 amide bonds. The van der Waals surface area contributed by atoms with Crippen LogP contribution in [0.15, 0.2) is 18.2 Å². The molecule has 0 saturated heterocycles. The molecule has 0 aromatic heterocycles. The summed E-state index contributed by atoms with van der Waals surface area (Å²) >= 11 is 5.05. The van der Waals surface area contributed by atoms with Gasteiger partial charge in [0.05, 0.1) is 4.92 Å². The number of hydrogen-bond donors (Lipinski definition) is 2. The molecule has 0 saturated carbocycles. The summed E-state index contributed by atoms with van der Waals surface area (Å²) in [5.41, 5.74) is 1.34. The fraction of sp³-hybridized carbons (Fsp3) is 0.364. The fourth-order valence-corrected chi connectivity index (χ4v) is 1.52. The Balaban J connectivity index is 2.75. The second kappa shape index (κ2) is 6.15. The Bertz CT molecular complexity index is 435. The van der Waals surface area contributed by atoms with Crippen LogP contribution in [-0.2, 0) is 0 Å². The SMILES string of the molecule is CCCNC(=S)Nc1ccc(C)c([N+](=O)[O-])c1. The van der Waals surface area contributed by atoms with E-state index in [1.54, 1.807) is 19.1 Å². The maximum atomic E-state index is 10.8. The van der Waals surface area contributed by atoms with E-state index in [0.29, 0.717) is 16.4 Å². The van der Waals surface area contributed by atoms with Crippen molar-refractivity contribution < 1.29 is 4.92 Å². The minimum atomic E-state index is -0.400. The fourth-order valence-electron chi connectivity index (χ4n) is 1.30. The van der Waals surface area contributed by atoms with Gasteiger partial charge in [-0.3, -0.25) is 10.1 Å². The summed E-state index contributed by atoms with van der Waals surface area (Å²) in [6.45, 7) is 4.52. The summed E-state index contributed by atoms with van der Waals surface area (Å²) in [6.07, 6.45) is 0.968. The van der Waals surface area contributed by atoms with Gasteiger partial charge >= 0.3 is 0 Å². The average Bonchev–Trinajstić information content (AvgIpc) is 2.28. The molecule has 0 atom stereocenters. The normalized spacial score (nSPS) is 9.76. The molecule has 17 heavy (non-hydrogen) atoms. The van der Waals surface area contributed by atoms with Gasteiger partial charge < -0.3 is 10.6 Å². The summed E-state index contributed by atoms with van der Waals surface area (Å²) in [7, 11) is 0. The van der Waals surface area contributed by atoms with Crippen molar-refractivity contribution in [1.82, 2.24) is 5.32 Å². The van der Waals surface area contributed by atoms with Crippen LogP contribution < -0.4 is 10.6 Å². The Labute approximate surface area is 105 Å². The van der Waals surface area contributed by atoms with Crippen LogP contribution in [0.25, 0.3) is 0 Å². The number of nitro groups is 1. The number of nitrogens with one attached hydrogen (secondary N) is 2. The number of rotatable bonds is 4. The average molecular weight is 253 g/mol. The molecule has 0 unspecified atom stereocenters. The predicted octanol–water partition coefficient (Wildman–Crippen LogP) is 2.60. The molecule has 1 rings (SSSR count). The summed E-state index contributed by atoms with van der Waals surface area (Å²) < 4.78 is 0. The zero-order valence-electron chi connectivity index (χ0n) is 9.82. The minimum absolute atomic E-state index is 0.0910. The molecule has 0 aliphatic carbocycles. The van der Waals surface area contributed by atoms with Crippen molar-refractivity contribution in [3.8, 4) is 0 Å². The van der Waals surface area contributed by atoms with Crippen molar-refractivity contribution >= 4 is 28.7 Å². The van der Waals surface area contributed by atoms with E-state index in [-0.39, 0.29) is 5.69 Å². The second-order valence-corrected chi connectivity index (χ2v) is 4.05. The van der Waals surface area contributed by atoms with Gasteiger partial charge in [-0.1, -0.05) is 13.0 Å². The van der Waals surface area contributed by atoms with Crippen molar-refractivity contribution in [2.24, 2.45) is 0 Å². The van der Waals surface area contributed by atoms with E-state index < -0.39 is 4.92 Å². The van der Waals surface area contributed by atoms with E-state index in [2.05, 4.69) is 10.6 Å². The quantitative estimate of drug-likeness (QED) is 0.490. The summed E-state index contributed by atoms with van der Waals surface area (Å²) in [5, 5.41) is 17.1. The van der Waals surface area contributed by atoms with Gasteiger partial charge in [-0.25, -0.2) is 0 Å². The molecule has 0 spiro atoms. The third-order valence-electron chi connectivity index (χ3n) is 2.20. The molecular formula is C11H15N3O2S. The van der Waals surface area contributed by atoms with Gasteiger partial charge in [-0.05, 0) is 31.6 Å². The van der Waals surface area contributed by atoms with Crippen molar-refractivity contribution in [1.29, 1.82) is 0 Å². The van der Waals surface area contributed by atoms with Crippen LogP contribution in [0.5, 0.6) is 0 Å². The van der Waals surface area contributed by atoms with Crippen LogP contribution in [0, 0.1) is 17.0 Å². The highest BCUT2D eigenvalue weighted by molar-refractivity contribution is 7.80. The van der Waals surface area contributed by atoms with E-state index in [9.17, 15) is 10.1 Å². The van der Waals surface area contributed by atoms with Crippen LogP contribution in [-0.4, -0.2) is 16.6 Å². The Hall–Kier alpha value is -1.69. The lowest BCUT2D eigenvalue weighted by Crippen LogP contribution is -2.28. The first-order valence-electron chi connectivity index (χ1n) is 5.34. The first-order valence-corrected chi connectivity index (χ1v) is 5.75. The van der Waals surface area contributed by atoms with Gasteiger partial charge in [0.2, 0.25) is 0 Å². The first kappa shape index (κ1) is 13.4. The van der Waals surface area contributed by atoms with Crippen LogP contribution >= 0.6 is 12.2 Å². The third kappa shape index (κ3) is 3.99. The molecule has 1 aromatic rings. The minimum Gasteiger partial charge on any atom is -0.362 e. The topological polar surface area (TPSA) is 67.2 Å². The van der Waals surface area contributed by atoms with Gasteiger partial charge in [0, 0.05) is 23.9 Å². The standard InChI is InChI=1S/C11H15N3O2S/c1-3-6-12-11(17)13-9-5-4-8(2)10(7-9)14(15)16/h4-5,7H,3,6H2,1-2H3,(H2,12,13,17). The van der Waals surface area contributed by atoms with Crippen molar-refractivity contribution in [2.45, 2.75) is 20.3 Å². The molecule has 2 N–H and O–H groups in total. The summed E-state index contributed by atoms with van der Waals surface area (Å²) in [4.78, 5) is 10.4. The van der Waals surface area contributed by atoms with Gasteiger partial charge in [-0.2, -0.15) is 0 Å². The largest absolute Gasteiger partial charge is 0.362 e. The second-order valence-electron chi connectivity index (χ2n) is 3.64. The molecule has 0 radical (unpaired) electrons. The van der Waals surface area contributed by atoms with Gasteiger partial charge in [-0.15, -0.1) is 0 Å². The highest BCUT2D eigenvalue weighted by Gasteiger charge is 2.11. The Morgan fingerprint density at radius 2 is 2.24 bits per heavy atom. The molecule has 0 aliphatic heterocycles. The lowest BCUT2D eigenvalue weighted by Gasteiger charge is -2.09. The molecule has 5 nitrogen and oxygen atoms in total. The van der Waals surface area contributed by atoms with Crippen LogP contribution in [0.1, 0.15) is 18.9 Å². The number of nitro benzene ring substituents is 1. The maximum Gasteiger partial charge on any atom is 0.274 e. The lowest BCUT2D eigenvalue weighted by molar-refractivity contribution is -0.385. The Kier molecular flexibility index (Phi) is 4.84. The summed E-state index contributed by atoms with van der Waals surface area (Å²) in [5.74, 6) is 0. The maximum absolute atomic E-state index is 10.8. The number of benzene rings is 1. The molecule has 0 fully saturated rings. The van der Waals surface area contributed by atoms with E-state index in [1.165, 1.54) is 6.07 Å². The Morgan fingerprint density at radius 3 is 2.82 bits per heavy atom. The number of anilines is 1. The Morgan fingerprint density at radius 1 is 1.53 bits per heavy atom. The van der Waals surface area contributed by atoms with E-state index >= 15 is 0 Å². The van der Waals surface area contributed by atoms with Crippen molar-refractivity contribution in [2.75, 3.05) is 11.9 Å². The van der Waals surface area contributed by atoms with E-state index in [1.807, 2.05) is 6.92 Å². The molecule has 6 heteroatoms. The van der Waals surface area contributed by atoms with E-state index in [0.717, 1.165) is 13.0 Å². The first-order chi connectivity index (χ1) is 8.04. The third-order valence-corrected chi connectivity index (χ3v) is 2.45. The molecule has 92 valence electrons. The van der Waals surface area contributed by atoms with Crippen LogP contribution in [0.3, 0.4) is 0 Å². The van der Waals surface area contributed by atoms with Crippen molar-refractivity contribution in [3.63, 3.8) is 0 Å². The van der Waals surface area contributed by atoms with Gasteiger partial charge in [0.15, 0.2) is 5.11 Å². The van der Waals surface area contributed by atoms with Gasteiger partial charge in [0.1, 0.15) is 0 Å². The highest BCUT2D eigenvalue weighted by Crippen LogP contribution is 2.22. The van der Waals surface area contributed by atoms with Crippen LogP contribution in [0.4, 0.5) is 11.4 Å². The lowest BCUT2D eigenvalue weighted by atomic mass is 10.2. The number of hydrogen-bond acceptors (Lipinski definition) is 3. The summed E-state index contributed by atoms with van der Waals surface area (Å²) in [6, 6.07) is 4.94. The number of thiocarbonyl (C=S) groups is 1. The number of nitrogens with zero attached hydrogens (tertiary/aromatic N) is 1. The van der Waals surface area contributed by atoms with Crippen LogP contribution in [0.2, 0.25) is 0 Å². The molecule has 1 aromatic carbocycles. The van der Waals surface area contributed by atoms with Crippen molar-refractivity contribution in [3.05, 3.63) is 33.9 Å². The number of aryl methyl sites for hydroxylation is 1. The van der Waals surface area contributed by atoms with Gasteiger partial charge in [0.25, 0.3) is 5.69 Å². The zero-order valence-corrected chi connectivity index (χ0v) is 10.6. The molecule has 0 heterocycles. The predicted molar refractivity (Wildman–Crippen MR) is 72.3 cm³/mol. The zero-order chi connectivity index (χ0) is 12.8. The molecule has 0 bridgehead atoms. The van der Waals surface area contributed by atoms with E-state index in [4.69, 9.17) is 12.2 Å². The molecular weight excluding hydrogens is 238 g/mol. The molecule has 0 aliphatic rings.